The maximum Gasteiger partial charge on any atom is 0.224 e. The zero-order chi connectivity index (χ0) is 15.2. The van der Waals surface area contributed by atoms with Crippen LogP contribution in [-0.2, 0) is 11.2 Å². The van der Waals surface area contributed by atoms with Gasteiger partial charge in [0.2, 0.25) is 5.91 Å². The number of carbonyl (C=O) groups is 1. The van der Waals surface area contributed by atoms with Crippen LogP contribution in [0.5, 0.6) is 0 Å². The lowest BCUT2D eigenvalue weighted by atomic mass is 10.0. The van der Waals surface area contributed by atoms with E-state index in [1.165, 1.54) is 0 Å². The van der Waals surface area contributed by atoms with Gasteiger partial charge < -0.3 is 11.1 Å². The van der Waals surface area contributed by atoms with Crippen LogP contribution < -0.4 is 11.1 Å². The topological polar surface area (TPSA) is 58.4 Å². The lowest BCUT2D eigenvalue weighted by molar-refractivity contribution is -0.121. The molecule has 0 unspecified atom stereocenters. The fourth-order valence-corrected chi connectivity index (χ4v) is 2.93. The van der Waals surface area contributed by atoms with Gasteiger partial charge in [-0.25, -0.2) is 0 Å². The molecule has 1 aliphatic rings. The van der Waals surface area contributed by atoms with Gasteiger partial charge in [-0.1, -0.05) is 42.0 Å². The Balaban J connectivity index is 1.77. The number of hydrogen-bond acceptors (Lipinski definition) is 3. The number of benzene rings is 1. The number of nitrogens with one attached hydrogen (secondary N) is 1. The number of nitrogens with two attached hydrogens (primary N) is 1. The summed E-state index contributed by atoms with van der Waals surface area (Å²) >= 11 is 11.0. The van der Waals surface area contributed by atoms with Gasteiger partial charge in [-0.05, 0) is 24.5 Å². The molecule has 0 aromatic heterocycles. The quantitative estimate of drug-likeness (QED) is 0.810. The molecule has 1 heterocycles. The molecule has 0 atom stereocenters. The van der Waals surface area contributed by atoms with Crippen molar-refractivity contribution in [2.24, 2.45) is 5.73 Å². The minimum Gasteiger partial charge on any atom is -0.392 e. The van der Waals surface area contributed by atoms with Crippen LogP contribution in [0.15, 0.2) is 24.3 Å². The van der Waals surface area contributed by atoms with Crippen molar-refractivity contribution in [1.29, 1.82) is 0 Å². The number of carbonyl (C=O) groups excluding carboxylic acids is 1. The van der Waals surface area contributed by atoms with Crippen LogP contribution in [0.3, 0.4) is 0 Å². The van der Waals surface area contributed by atoms with Crippen molar-refractivity contribution in [3.63, 3.8) is 0 Å². The summed E-state index contributed by atoms with van der Waals surface area (Å²) in [6.07, 6.45) is 2.18. The number of amides is 1. The van der Waals surface area contributed by atoms with Crippen LogP contribution in [0, 0.1) is 0 Å². The molecule has 0 saturated carbocycles. The fourth-order valence-electron chi connectivity index (χ4n) is 2.55. The second kappa shape index (κ2) is 7.73. The van der Waals surface area contributed by atoms with E-state index in [9.17, 15) is 4.79 Å². The molecule has 1 aromatic carbocycles. The van der Waals surface area contributed by atoms with Crippen molar-refractivity contribution in [2.45, 2.75) is 25.3 Å². The summed E-state index contributed by atoms with van der Waals surface area (Å²) in [5, 5.41) is 3.72. The average molecular weight is 326 g/mol. The standard InChI is InChI=1S/C15H20ClN3OS/c16-13-4-2-1-3-11(13)9-15(20)18-12-5-7-19(8-6-12)10-14(17)21/h1-4,12H,5-10H2,(H2,17,21)(H,18,20). The Bertz CT molecular complexity index is 515. The molecule has 1 aromatic rings. The Hall–Kier alpha value is -1.17. The van der Waals surface area contributed by atoms with Gasteiger partial charge in [-0.2, -0.15) is 0 Å². The highest BCUT2D eigenvalue weighted by Gasteiger charge is 2.21. The van der Waals surface area contributed by atoms with Gasteiger partial charge >= 0.3 is 0 Å². The van der Waals surface area contributed by atoms with Gasteiger partial charge in [-0.3, -0.25) is 9.69 Å². The van der Waals surface area contributed by atoms with Crippen molar-refractivity contribution in [3.05, 3.63) is 34.9 Å². The van der Waals surface area contributed by atoms with Gasteiger partial charge in [0.05, 0.1) is 11.4 Å². The number of halogens is 1. The highest BCUT2D eigenvalue weighted by molar-refractivity contribution is 7.80. The summed E-state index contributed by atoms with van der Waals surface area (Å²) in [5.41, 5.74) is 6.41. The smallest absolute Gasteiger partial charge is 0.224 e. The first-order valence-corrected chi connectivity index (χ1v) is 7.86. The van der Waals surface area contributed by atoms with Gasteiger partial charge in [-0.15, -0.1) is 0 Å². The molecule has 3 N–H and O–H groups in total. The van der Waals surface area contributed by atoms with E-state index in [0.717, 1.165) is 31.5 Å². The predicted molar refractivity (Wildman–Crippen MR) is 89.5 cm³/mol. The average Bonchev–Trinajstić information content (AvgIpc) is 2.43. The van der Waals surface area contributed by atoms with Gasteiger partial charge in [0.25, 0.3) is 0 Å². The van der Waals surface area contributed by atoms with Crippen LogP contribution in [0.1, 0.15) is 18.4 Å². The van der Waals surface area contributed by atoms with Crippen LogP contribution in [0.2, 0.25) is 5.02 Å². The van der Waals surface area contributed by atoms with E-state index in [2.05, 4.69) is 10.2 Å². The summed E-state index contributed by atoms with van der Waals surface area (Å²) in [5.74, 6) is 0.0240. The Kier molecular flexibility index (Phi) is 5.96. The third-order valence-corrected chi connectivity index (χ3v) is 4.14. The van der Waals surface area contributed by atoms with Crippen molar-refractivity contribution < 1.29 is 4.79 Å². The number of rotatable bonds is 5. The summed E-state index contributed by atoms with van der Waals surface area (Å²) in [6.45, 7) is 2.48. The molecule has 114 valence electrons. The molecule has 4 nitrogen and oxygen atoms in total. The summed E-state index contributed by atoms with van der Waals surface area (Å²) in [4.78, 5) is 14.8. The molecule has 0 spiro atoms. The molecule has 0 radical (unpaired) electrons. The SMILES string of the molecule is NC(=S)CN1CCC(NC(=O)Cc2ccccc2Cl)CC1. The van der Waals surface area contributed by atoms with Crippen molar-refractivity contribution >= 4 is 34.7 Å². The monoisotopic (exact) mass is 325 g/mol. The van der Waals surface area contributed by atoms with Crippen LogP contribution in [0.4, 0.5) is 0 Å². The van der Waals surface area contributed by atoms with E-state index in [1.807, 2.05) is 18.2 Å². The molecule has 21 heavy (non-hydrogen) atoms. The summed E-state index contributed by atoms with van der Waals surface area (Å²) < 4.78 is 0. The minimum atomic E-state index is 0.0240. The highest BCUT2D eigenvalue weighted by Crippen LogP contribution is 2.16. The van der Waals surface area contributed by atoms with Gasteiger partial charge in [0.1, 0.15) is 0 Å². The van der Waals surface area contributed by atoms with Crippen LogP contribution >= 0.6 is 23.8 Å². The molecule has 1 amide bonds. The number of nitrogens with zero attached hydrogens (tertiary/aromatic N) is 1. The van der Waals surface area contributed by atoms with E-state index in [0.29, 0.717) is 23.0 Å². The first-order chi connectivity index (χ1) is 10.0. The number of thiocarbonyl (C=S) groups is 1. The van der Waals surface area contributed by atoms with E-state index >= 15 is 0 Å². The number of likely N-dealkylation sites (tertiary alicyclic amines) is 1. The molecule has 1 aliphatic heterocycles. The largest absolute Gasteiger partial charge is 0.392 e. The zero-order valence-electron chi connectivity index (χ0n) is 11.8. The van der Waals surface area contributed by atoms with E-state index in [-0.39, 0.29) is 11.9 Å². The molecular formula is C15H20ClN3OS. The lowest BCUT2D eigenvalue weighted by Crippen LogP contribution is -2.46. The molecule has 6 heteroatoms. The first-order valence-electron chi connectivity index (χ1n) is 7.08. The van der Waals surface area contributed by atoms with Gasteiger partial charge in [0, 0.05) is 30.7 Å². The Morgan fingerprint density at radius 3 is 2.67 bits per heavy atom. The molecule has 0 aliphatic carbocycles. The van der Waals surface area contributed by atoms with E-state index < -0.39 is 0 Å². The second-order valence-electron chi connectivity index (χ2n) is 5.35. The van der Waals surface area contributed by atoms with E-state index in [1.54, 1.807) is 6.07 Å². The minimum absolute atomic E-state index is 0.0240. The molecule has 0 bridgehead atoms. The normalized spacial score (nSPS) is 16.6. The third kappa shape index (κ3) is 5.26. The fraction of sp³-hybridized carbons (Fsp3) is 0.467. The molecule has 1 fully saturated rings. The number of hydrogen-bond donors (Lipinski definition) is 2. The molecule has 1 saturated heterocycles. The Labute approximate surface area is 135 Å². The Morgan fingerprint density at radius 2 is 2.05 bits per heavy atom. The third-order valence-electron chi connectivity index (χ3n) is 3.64. The maximum absolute atomic E-state index is 12.1. The number of piperidine rings is 1. The molecule has 2 rings (SSSR count). The van der Waals surface area contributed by atoms with Crippen molar-refractivity contribution in [3.8, 4) is 0 Å². The predicted octanol–water partition coefficient (Wildman–Crippen LogP) is 1.75. The van der Waals surface area contributed by atoms with Crippen LogP contribution in [0.25, 0.3) is 0 Å². The second-order valence-corrected chi connectivity index (χ2v) is 6.28. The van der Waals surface area contributed by atoms with Crippen molar-refractivity contribution in [2.75, 3.05) is 19.6 Å². The van der Waals surface area contributed by atoms with E-state index in [4.69, 9.17) is 29.6 Å². The first kappa shape index (κ1) is 16.2. The zero-order valence-corrected chi connectivity index (χ0v) is 13.4. The van der Waals surface area contributed by atoms with Crippen molar-refractivity contribution in [1.82, 2.24) is 10.2 Å². The van der Waals surface area contributed by atoms with Gasteiger partial charge in [0.15, 0.2) is 0 Å². The highest BCUT2D eigenvalue weighted by atomic mass is 35.5. The Morgan fingerprint density at radius 1 is 1.38 bits per heavy atom. The molecular weight excluding hydrogens is 306 g/mol. The maximum atomic E-state index is 12.1. The summed E-state index contributed by atoms with van der Waals surface area (Å²) in [6, 6.07) is 7.66. The summed E-state index contributed by atoms with van der Waals surface area (Å²) in [7, 11) is 0. The lowest BCUT2D eigenvalue weighted by Gasteiger charge is -2.32. The van der Waals surface area contributed by atoms with Crippen LogP contribution in [-0.4, -0.2) is 41.5 Å².